The fraction of sp³-hybridized carbons (Fsp3) is 0.500. The number of rotatable bonds is 6. The molecule has 1 aromatic carbocycles. The molecule has 1 amide bonds. The summed E-state index contributed by atoms with van der Waals surface area (Å²) in [5, 5.41) is 9.33. The molecule has 1 aromatic rings. The van der Waals surface area contributed by atoms with Crippen molar-refractivity contribution in [2.75, 3.05) is 27.2 Å². The zero-order valence-electron chi connectivity index (χ0n) is 21.1. The molecule has 184 valence electrons. The molecule has 1 aliphatic heterocycles. The first-order valence-electron chi connectivity index (χ1n) is 11.3. The van der Waals surface area contributed by atoms with E-state index in [0.717, 1.165) is 15.6 Å². The number of halogens is 1. The van der Waals surface area contributed by atoms with Crippen molar-refractivity contribution >= 4 is 33.9 Å². The zero-order valence-corrected chi connectivity index (χ0v) is 22.7. The summed E-state index contributed by atoms with van der Waals surface area (Å²) < 4.78 is 12.5. The number of carbonyl (C=O) groups excluding carboxylic acids is 2. The molecule has 2 rings (SSSR count). The van der Waals surface area contributed by atoms with E-state index in [0.29, 0.717) is 37.3 Å². The first kappa shape index (κ1) is 27.5. The quantitative estimate of drug-likeness (QED) is 0.357. The Balaban J connectivity index is 2.13. The Hall–Kier alpha value is -2.79. The van der Waals surface area contributed by atoms with Crippen molar-refractivity contribution < 1.29 is 19.1 Å². The van der Waals surface area contributed by atoms with E-state index in [4.69, 9.17) is 9.47 Å². The van der Waals surface area contributed by atoms with E-state index >= 15 is 0 Å². The van der Waals surface area contributed by atoms with Crippen LogP contribution in [0.15, 0.2) is 34.0 Å². The van der Waals surface area contributed by atoms with Gasteiger partial charge in [-0.05, 0) is 85.5 Å². The van der Waals surface area contributed by atoms with E-state index in [9.17, 15) is 14.9 Å². The molecule has 0 aliphatic carbocycles. The van der Waals surface area contributed by atoms with E-state index in [1.807, 2.05) is 45.9 Å². The minimum Gasteiger partial charge on any atom is -0.489 e. The van der Waals surface area contributed by atoms with Crippen molar-refractivity contribution in [1.29, 1.82) is 5.26 Å². The summed E-state index contributed by atoms with van der Waals surface area (Å²) >= 11 is 3.58. The number of benzene rings is 1. The van der Waals surface area contributed by atoms with Gasteiger partial charge >= 0.3 is 6.09 Å². The predicted molar refractivity (Wildman–Crippen MR) is 136 cm³/mol. The van der Waals surface area contributed by atoms with Gasteiger partial charge in [-0.1, -0.05) is 0 Å². The van der Waals surface area contributed by atoms with E-state index in [1.54, 1.807) is 36.9 Å². The van der Waals surface area contributed by atoms with Crippen LogP contribution in [0.25, 0.3) is 6.08 Å². The summed E-state index contributed by atoms with van der Waals surface area (Å²) in [6, 6.07) is 5.83. The maximum atomic E-state index is 12.7. The van der Waals surface area contributed by atoms with Gasteiger partial charge in [0, 0.05) is 46.2 Å². The Morgan fingerprint density at radius 1 is 1.24 bits per heavy atom. The molecule has 0 saturated carbocycles. The van der Waals surface area contributed by atoms with E-state index in [1.165, 1.54) is 6.20 Å². The molecule has 8 heteroatoms. The minimum atomic E-state index is -0.517. The van der Waals surface area contributed by atoms with Crippen LogP contribution < -0.4 is 4.74 Å². The highest BCUT2D eigenvalue weighted by Gasteiger charge is 2.28. The van der Waals surface area contributed by atoms with Crippen molar-refractivity contribution in [3.8, 4) is 11.8 Å². The van der Waals surface area contributed by atoms with Gasteiger partial charge in [0.2, 0.25) is 5.78 Å². The summed E-state index contributed by atoms with van der Waals surface area (Å²) in [6.45, 7) is 10.4. The number of carbonyl (C=O) groups is 2. The van der Waals surface area contributed by atoms with Crippen molar-refractivity contribution in [1.82, 2.24) is 9.80 Å². The monoisotopic (exact) mass is 531 g/mol. The molecule has 0 atom stereocenters. The third kappa shape index (κ3) is 7.91. The maximum absolute atomic E-state index is 12.7. The van der Waals surface area contributed by atoms with Crippen molar-refractivity contribution in [2.24, 2.45) is 0 Å². The SMILES string of the molecule is C/C(=C\c1cc(OC2CCN(C(=O)OC(C)(C)C)CC2)c(Br)cc1C)C(=O)/C(C#N)=C/N(C)C. The number of allylic oxidation sites excluding steroid dienone is 2. The fourth-order valence-electron chi connectivity index (χ4n) is 3.48. The molecule has 1 aliphatic rings. The predicted octanol–water partition coefficient (Wildman–Crippen LogP) is 5.48. The second kappa shape index (κ2) is 11.6. The maximum Gasteiger partial charge on any atom is 0.410 e. The van der Waals surface area contributed by atoms with Gasteiger partial charge < -0.3 is 19.3 Å². The van der Waals surface area contributed by atoms with Crippen molar-refractivity contribution in [3.05, 3.63) is 45.1 Å². The molecule has 7 nitrogen and oxygen atoms in total. The van der Waals surface area contributed by atoms with Crippen LogP contribution in [0, 0.1) is 18.3 Å². The van der Waals surface area contributed by atoms with Gasteiger partial charge in [-0.2, -0.15) is 5.26 Å². The van der Waals surface area contributed by atoms with Gasteiger partial charge in [0.25, 0.3) is 0 Å². The van der Waals surface area contributed by atoms with Gasteiger partial charge in [0.05, 0.1) is 4.47 Å². The lowest BCUT2D eigenvalue weighted by Crippen LogP contribution is -2.44. The summed E-state index contributed by atoms with van der Waals surface area (Å²) in [5.74, 6) is 0.368. The number of ketones is 1. The second-order valence-electron chi connectivity index (χ2n) is 9.70. The Morgan fingerprint density at radius 3 is 2.38 bits per heavy atom. The Bertz CT molecular complexity index is 1020. The Morgan fingerprint density at radius 2 is 1.85 bits per heavy atom. The molecule has 1 heterocycles. The number of Topliss-reactive ketones (excluding diaryl/α,β-unsaturated/α-hetero) is 1. The minimum absolute atomic E-state index is 0.0366. The molecular weight excluding hydrogens is 498 g/mol. The molecule has 0 aromatic heterocycles. The summed E-state index contributed by atoms with van der Waals surface area (Å²) in [5.41, 5.74) is 1.86. The Labute approximate surface area is 211 Å². The van der Waals surface area contributed by atoms with Crippen LogP contribution in [0.3, 0.4) is 0 Å². The molecule has 34 heavy (non-hydrogen) atoms. The number of hydrogen-bond acceptors (Lipinski definition) is 6. The third-order valence-corrected chi connectivity index (χ3v) is 5.81. The number of aryl methyl sites for hydroxylation is 1. The standard InChI is InChI=1S/C26H34BrN3O4/c1-17-13-22(27)23(14-19(17)12-18(2)24(31)20(15-28)16-29(6)7)33-21-8-10-30(11-9-21)25(32)34-26(3,4)5/h12-14,16,21H,8-11H2,1-7H3/b18-12+,20-16+. The van der Waals surface area contributed by atoms with E-state index < -0.39 is 5.60 Å². The number of nitrogens with zero attached hydrogens (tertiary/aromatic N) is 3. The number of amides is 1. The van der Waals surface area contributed by atoms with Gasteiger partial charge in [0.1, 0.15) is 29.1 Å². The fourth-order valence-corrected chi connectivity index (χ4v) is 4.04. The molecule has 0 radical (unpaired) electrons. The highest BCUT2D eigenvalue weighted by atomic mass is 79.9. The number of piperidine rings is 1. The molecule has 0 unspecified atom stereocenters. The first-order chi connectivity index (χ1) is 15.8. The molecular formula is C26H34BrN3O4. The normalized spacial score (nSPS) is 15.6. The number of nitriles is 1. The van der Waals surface area contributed by atoms with Crippen LogP contribution >= 0.6 is 15.9 Å². The van der Waals surface area contributed by atoms with E-state index in [-0.39, 0.29) is 23.6 Å². The van der Waals surface area contributed by atoms with Crippen LogP contribution in [0.2, 0.25) is 0 Å². The zero-order chi connectivity index (χ0) is 25.6. The third-order valence-electron chi connectivity index (χ3n) is 5.19. The van der Waals surface area contributed by atoms with Crippen LogP contribution in [-0.4, -0.2) is 60.6 Å². The molecule has 1 fully saturated rings. The highest BCUT2D eigenvalue weighted by Crippen LogP contribution is 2.32. The molecule has 0 bridgehead atoms. The highest BCUT2D eigenvalue weighted by molar-refractivity contribution is 9.10. The number of hydrogen-bond donors (Lipinski definition) is 0. The smallest absolute Gasteiger partial charge is 0.410 e. The lowest BCUT2D eigenvalue weighted by Gasteiger charge is -2.33. The largest absolute Gasteiger partial charge is 0.489 e. The topological polar surface area (TPSA) is 82.9 Å². The van der Waals surface area contributed by atoms with Gasteiger partial charge in [0.15, 0.2) is 0 Å². The number of ether oxygens (including phenoxy) is 2. The van der Waals surface area contributed by atoms with E-state index in [2.05, 4.69) is 15.9 Å². The average Bonchev–Trinajstić information content (AvgIpc) is 2.73. The van der Waals surface area contributed by atoms with Gasteiger partial charge in [-0.25, -0.2) is 4.79 Å². The van der Waals surface area contributed by atoms with Crippen LogP contribution in [0.5, 0.6) is 5.75 Å². The Kier molecular flexibility index (Phi) is 9.34. The van der Waals surface area contributed by atoms with Gasteiger partial charge in [-0.3, -0.25) is 4.79 Å². The second-order valence-corrected chi connectivity index (χ2v) is 10.6. The lowest BCUT2D eigenvalue weighted by molar-refractivity contribution is -0.111. The first-order valence-corrected chi connectivity index (χ1v) is 12.1. The number of likely N-dealkylation sites (tertiary alicyclic amines) is 1. The van der Waals surface area contributed by atoms with Gasteiger partial charge in [-0.15, -0.1) is 0 Å². The van der Waals surface area contributed by atoms with Crippen LogP contribution in [-0.2, 0) is 9.53 Å². The van der Waals surface area contributed by atoms with Crippen LogP contribution in [0.4, 0.5) is 4.79 Å². The molecule has 0 N–H and O–H groups in total. The average molecular weight is 532 g/mol. The lowest BCUT2D eigenvalue weighted by atomic mass is 10.0. The van der Waals surface area contributed by atoms with Crippen molar-refractivity contribution in [2.45, 2.75) is 59.2 Å². The summed E-state index contributed by atoms with van der Waals surface area (Å²) in [4.78, 5) is 28.4. The molecule has 0 spiro atoms. The van der Waals surface area contributed by atoms with Crippen molar-refractivity contribution in [3.63, 3.8) is 0 Å². The summed E-state index contributed by atoms with van der Waals surface area (Å²) in [6.07, 6.45) is 4.36. The molecule has 1 saturated heterocycles. The summed E-state index contributed by atoms with van der Waals surface area (Å²) in [7, 11) is 3.54. The van der Waals surface area contributed by atoms with Crippen LogP contribution in [0.1, 0.15) is 51.7 Å².